The van der Waals surface area contributed by atoms with Crippen molar-refractivity contribution in [3.63, 3.8) is 0 Å². The van der Waals surface area contributed by atoms with Crippen LogP contribution in [0, 0.1) is 0 Å². The second-order valence-corrected chi connectivity index (χ2v) is 7.27. The molecule has 0 aromatic heterocycles. The normalized spacial score (nSPS) is 14.8. The van der Waals surface area contributed by atoms with Gasteiger partial charge in [0, 0.05) is 50.5 Å². The average Bonchev–Trinajstić information content (AvgIpc) is 2.75. The molecule has 1 aliphatic heterocycles. The maximum atomic E-state index is 12.4. The summed E-state index contributed by atoms with van der Waals surface area (Å²) in [5.74, 6) is 1.42. The Morgan fingerprint density at radius 1 is 0.867 bits per heavy atom. The highest BCUT2D eigenvalue weighted by atomic mass is 16.5. The molecule has 8 heteroatoms. The van der Waals surface area contributed by atoms with Gasteiger partial charge in [0.2, 0.25) is 5.75 Å². The number of piperazine rings is 1. The Labute approximate surface area is 177 Å². The molecule has 1 fully saturated rings. The predicted octanol–water partition coefficient (Wildman–Crippen LogP) is 3.10. The number of carbonyl (C=O) groups is 1. The summed E-state index contributed by atoms with van der Waals surface area (Å²) in [5.41, 5.74) is 2.49. The highest BCUT2D eigenvalue weighted by molar-refractivity contribution is 6.00. The van der Waals surface area contributed by atoms with E-state index in [-0.39, 0.29) is 6.03 Å². The maximum absolute atomic E-state index is 12.4. The second-order valence-electron chi connectivity index (χ2n) is 7.27. The summed E-state index contributed by atoms with van der Waals surface area (Å²) in [4.78, 5) is 17.2. The third-order valence-electron chi connectivity index (χ3n) is 5.14. The lowest BCUT2D eigenvalue weighted by Gasteiger charge is -2.32. The van der Waals surface area contributed by atoms with Gasteiger partial charge in [-0.2, -0.15) is 0 Å². The van der Waals surface area contributed by atoms with Gasteiger partial charge in [-0.3, -0.25) is 4.90 Å². The smallest absolute Gasteiger partial charge is 0.323 e. The average molecular weight is 415 g/mol. The number of nitrogens with zero attached hydrogens (tertiary/aromatic N) is 2. The van der Waals surface area contributed by atoms with Crippen molar-refractivity contribution in [1.82, 2.24) is 9.80 Å². The number of methoxy groups -OCH3 is 3. The minimum atomic E-state index is -0.351. The van der Waals surface area contributed by atoms with Gasteiger partial charge in [-0.15, -0.1) is 0 Å². The van der Waals surface area contributed by atoms with E-state index in [1.54, 1.807) is 12.1 Å². The SMILES string of the molecule is COc1cc(NC(=O)Nc2ccc(CN3CCN(C)CC3)cc2)cc(OC)c1OC. The van der Waals surface area contributed by atoms with Gasteiger partial charge in [-0.25, -0.2) is 4.79 Å². The van der Waals surface area contributed by atoms with Crippen LogP contribution in [0.3, 0.4) is 0 Å². The quantitative estimate of drug-likeness (QED) is 0.725. The standard InChI is InChI=1S/C22H30N4O4/c1-25-9-11-26(12-10-25)15-16-5-7-17(8-6-16)23-22(27)24-18-13-19(28-2)21(30-4)20(14-18)29-3/h5-8,13-14H,9-12,15H2,1-4H3,(H2,23,24,27). The van der Waals surface area contributed by atoms with Crippen LogP contribution in [0.15, 0.2) is 36.4 Å². The van der Waals surface area contributed by atoms with Gasteiger partial charge in [-0.1, -0.05) is 12.1 Å². The second kappa shape index (κ2) is 10.2. The Morgan fingerprint density at radius 2 is 1.43 bits per heavy atom. The number of hydrogen-bond donors (Lipinski definition) is 2. The molecule has 0 saturated carbocycles. The highest BCUT2D eigenvalue weighted by Gasteiger charge is 2.15. The Morgan fingerprint density at radius 3 is 1.97 bits per heavy atom. The molecule has 8 nitrogen and oxygen atoms in total. The van der Waals surface area contributed by atoms with Crippen molar-refractivity contribution in [2.24, 2.45) is 0 Å². The third-order valence-corrected chi connectivity index (χ3v) is 5.14. The summed E-state index contributed by atoms with van der Waals surface area (Å²) >= 11 is 0. The Kier molecular flexibility index (Phi) is 7.37. The van der Waals surface area contributed by atoms with Crippen LogP contribution in [0.1, 0.15) is 5.56 Å². The molecular weight excluding hydrogens is 384 g/mol. The molecule has 162 valence electrons. The van der Waals surface area contributed by atoms with E-state index in [4.69, 9.17) is 14.2 Å². The first-order valence-electron chi connectivity index (χ1n) is 9.90. The van der Waals surface area contributed by atoms with E-state index in [0.29, 0.717) is 22.9 Å². The molecule has 0 atom stereocenters. The molecular formula is C22H30N4O4. The third kappa shape index (κ3) is 5.55. The number of ether oxygens (including phenoxy) is 3. The van der Waals surface area contributed by atoms with Crippen molar-refractivity contribution in [2.75, 3.05) is 65.2 Å². The van der Waals surface area contributed by atoms with Crippen molar-refractivity contribution in [2.45, 2.75) is 6.54 Å². The van der Waals surface area contributed by atoms with Crippen LogP contribution in [0.25, 0.3) is 0 Å². The van der Waals surface area contributed by atoms with Crippen molar-refractivity contribution < 1.29 is 19.0 Å². The Hall–Kier alpha value is -2.97. The summed E-state index contributed by atoms with van der Waals surface area (Å²) in [6.07, 6.45) is 0. The molecule has 30 heavy (non-hydrogen) atoms. The van der Waals surface area contributed by atoms with Crippen LogP contribution < -0.4 is 24.8 Å². The first-order valence-corrected chi connectivity index (χ1v) is 9.90. The van der Waals surface area contributed by atoms with E-state index in [1.807, 2.05) is 24.3 Å². The monoisotopic (exact) mass is 414 g/mol. The first kappa shape index (κ1) is 21.7. The molecule has 0 aliphatic carbocycles. The molecule has 3 rings (SSSR count). The molecule has 0 spiro atoms. The lowest BCUT2D eigenvalue weighted by atomic mass is 10.2. The van der Waals surface area contributed by atoms with Gasteiger partial charge in [-0.05, 0) is 24.7 Å². The lowest BCUT2D eigenvalue weighted by molar-refractivity contribution is 0.148. The molecule has 2 aromatic carbocycles. The topological polar surface area (TPSA) is 75.3 Å². The van der Waals surface area contributed by atoms with Crippen molar-refractivity contribution in [1.29, 1.82) is 0 Å². The number of benzene rings is 2. The van der Waals surface area contributed by atoms with Gasteiger partial charge in [0.15, 0.2) is 11.5 Å². The van der Waals surface area contributed by atoms with E-state index in [0.717, 1.165) is 38.4 Å². The van der Waals surface area contributed by atoms with Crippen molar-refractivity contribution in [3.05, 3.63) is 42.0 Å². The zero-order chi connectivity index (χ0) is 21.5. The molecule has 2 N–H and O–H groups in total. The maximum Gasteiger partial charge on any atom is 0.323 e. The molecule has 0 bridgehead atoms. The van der Waals surface area contributed by atoms with Crippen LogP contribution in [-0.4, -0.2) is 70.4 Å². The van der Waals surface area contributed by atoms with E-state index < -0.39 is 0 Å². The fourth-order valence-electron chi connectivity index (χ4n) is 3.40. The Bertz CT molecular complexity index is 824. The molecule has 2 amide bonds. The van der Waals surface area contributed by atoms with Crippen molar-refractivity contribution in [3.8, 4) is 17.2 Å². The van der Waals surface area contributed by atoms with Gasteiger partial charge in [0.25, 0.3) is 0 Å². The molecule has 0 radical (unpaired) electrons. The zero-order valence-electron chi connectivity index (χ0n) is 18.0. The van der Waals surface area contributed by atoms with Crippen LogP contribution in [0.4, 0.5) is 16.2 Å². The van der Waals surface area contributed by atoms with E-state index in [9.17, 15) is 4.79 Å². The molecule has 0 unspecified atom stereocenters. The van der Waals surface area contributed by atoms with Crippen LogP contribution in [-0.2, 0) is 6.54 Å². The van der Waals surface area contributed by atoms with Crippen LogP contribution >= 0.6 is 0 Å². The first-order chi connectivity index (χ1) is 14.5. The molecule has 2 aromatic rings. The predicted molar refractivity (Wildman–Crippen MR) is 118 cm³/mol. The number of carbonyl (C=O) groups excluding carboxylic acids is 1. The molecule has 1 heterocycles. The summed E-state index contributed by atoms with van der Waals surface area (Å²) < 4.78 is 15.9. The number of hydrogen-bond acceptors (Lipinski definition) is 6. The van der Waals surface area contributed by atoms with Gasteiger partial charge < -0.3 is 29.7 Å². The largest absolute Gasteiger partial charge is 0.493 e. The van der Waals surface area contributed by atoms with Crippen molar-refractivity contribution >= 4 is 17.4 Å². The van der Waals surface area contributed by atoms with Gasteiger partial charge >= 0.3 is 6.03 Å². The fourth-order valence-corrected chi connectivity index (χ4v) is 3.40. The number of likely N-dealkylation sites (N-methyl/N-ethyl adjacent to an activating group) is 1. The number of nitrogens with one attached hydrogen (secondary N) is 2. The summed E-state index contributed by atoms with van der Waals surface area (Å²) in [6.45, 7) is 5.27. The minimum Gasteiger partial charge on any atom is -0.493 e. The zero-order valence-corrected chi connectivity index (χ0v) is 18.0. The van der Waals surface area contributed by atoms with E-state index in [2.05, 4.69) is 27.5 Å². The van der Waals surface area contributed by atoms with Crippen LogP contribution in [0.5, 0.6) is 17.2 Å². The Balaban J connectivity index is 1.58. The molecule has 1 saturated heterocycles. The number of urea groups is 1. The van der Waals surface area contributed by atoms with Crippen LogP contribution in [0.2, 0.25) is 0 Å². The minimum absolute atomic E-state index is 0.351. The highest BCUT2D eigenvalue weighted by Crippen LogP contribution is 2.39. The number of rotatable bonds is 7. The summed E-state index contributed by atoms with van der Waals surface area (Å²) in [6, 6.07) is 10.9. The number of amides is 2. The summed E-state index contributed by atoms with van der Waals surface area (Å²) in [7, 11) is 6.75. The summed E-state index contributed by atoms with van der Waals surface area (Å²) in [5, 5.41) is 5.64. The van der Waals surface area contributed by atoms with E-state index >= 15 is 0 Å². The fraction of sp³-hybridized carbons (Fsp3) is 0.409. The number of anilines is 2. The lowest BCUT2D eigenvalue weighted by Crippen LogP contribution is -2.43. The van der Waals surface area contributed by atoms with Gasteiger partial charge in [0.1, 0.15) is 0 Å². The van der Waals surface area contributed by atoms with Gasteiger partial charge in [0.05, 0.1) is 27.0 Å². The van der Waals surface area contributed by atoms with E-state index in [1.165, 1.54) is 26.9 Å². The molecule has 1 aliphatic rings.